The number of nitrogens with zero attached hydrogens (tertiary/aromatic N) is 2. The molecule has 2 heterocycles. The van der Waals surface area contributed by atoms with Gasteiger partial charge in [0.2, 0.25) is 0 Å². The SMILES string of the molecule is CCOC(=O)C1CCN(c2ccc(CC(N)CO)cn2)CC1. The minimum Gasteiger partial charge on any atom is -0.466 e. The van der Waals surface area contributed by atoms with Gasteiger partial charge in [-0.25, -0.2) is 4.98 Å². The van der Waals surface area contributed by atoms with Crippen LogP contribution in [0.1, 0.15) is 25.3 Å². The smallest absolute Gasteiger partial charge is 0.309 e. The Bertz CT molecular complexity index is 470. The molecule has 1 aliphatic heterocycles. The Morgan fingerprint density at radius 1 is 1.50 bits per heavy atom. The van der Waals surface area contributed by atoms with Crippen LogP contribution < -0.4 is 10.6 Å². The minimum absolute atomic E-state index is 0.0121. The molecule has 3 N–H and O–H groups in total. The van der Waals surface area contributed by atoms with Crippen molar-refractivity contribution in [1.29, 1.82) is 0 Å². The maximum absolute atomic E-state index is 11.7. The lowest BCUT2D eigenvalue weighted by Gasteiger charge is -2.31. The van der Waals surface area contributed by atoms with Crippen molar-refractivity contribution in [2.24, 2.45) is 11.7 Å². The second kappa shape index (κ2) is 8.10. The van der Waals surface area contributed by atoms with Crippen LogP contribution in [0.5, 0.6) is 0 Å². The summed E-state index contributed by atoms with van der Waals surface area (Å²) in [5, 5.41) is 8.97. The molecule has 2 rings (SSSR count). The number of carbonyl (C=O) groups is 1. The molecule has 122 valence electrons. The first kappa shape index (κ1) is 16.7. The van der Waals surface area contributed by atoms with Crippen molar-refractivity contribution in [2.75, 3.05) is 31.2 Å². The average molecular weight is 307 g/mol. The lowest BCUT2D eigenvalue weighted by Crippen LogP contribution is -2.37. The fourth-order valence-corrected chi connectivity index (χ4v) is 2.70. The molecule has 1 saturated heterocycles. The molecular formula is C16H25N3O3. The van der Waals surface area contributed by atoms with E-state index in [0.717, 1.165) is 37.3 Å². The molecule has 0 aliphatic carbocycles. The van der Waals surface area contributed by atoms with Gasteiger partial charge in [-0.05, 0) is 37.8 Å². The molecule has 0 bridgehead atoms. The Hall–Kier alpha value is -1.66. The number of nitrogens with two attached hydrogens (primary N) is 1. The number of anilines is 1. The highest BCUT2D eigenvalue weighted by atomic mass is 16.5. The number of rotatable bonds is 6. The number of aliphatic hydroxyl groups is 1. The van der Waals surface area contributed by atoms with E-state index in [1.807, 2.05) is 25.3 Å². The minimum atomic E-state index is -0.243. The lowest BCUT2D eigenvalue weighted by atomic mass is 9.97. The summed E-state index contributed by atoms with van der Waals surface area (Å²) in [6.45, 7) is 3.88. The summed E-state index contributed by atoms with van der Waals surface area (Å²) in [7, 11) is 0. The van der Waals surface area contributed by atoms with Gasteiger partial charge in [-0.15, -0.1) is 0 Å². The molecule has 0 saturated carbocycles. The van der Waals surface area contributed by atoms with E-state index in [1.54, 1.807) is 0 Å². The normalized spacial score (nSPS) is 17.3. The van der Waals surface area contributed by atoms with E-state index < -0.39 is 0 Å². The third-order valence-corrected chi connectivity index (χ3v) is 3.98. The summed E-state index contributed by atoms with van der Waals surface area (Å²) >= 11 is 0. The fourth-order valence-electron chi connectivity index (χ4n) is 2.70. The van der Waals surface area contributed by atoms with Gasteiger partial charge in [0.25, 0.3) is 0 Å². The van der Waals surface area contributed by atoms with Crippen LogP contribution in [0.4, 0.5) is 5.82 Å². The standard InChI is InChI=1S/C16H25N3O3/c1-2-22-16(21)13-5-7-19(8-6-13)15-4-3-12(10-18-15)9-14(17)11-20/h3-4,10,13-14,20H,2,5-9,11,17H2,1H3. The third-order valence-electron chi connectivity index (χ3n) is 3.98. The molecule has 1 aromatic heterocycles. The number of piperidine rings is 1. The van der Waals surface area contributed by atoms with Crippen LogP contribution in [0.15, 0.2) is 18.3 Å². The fraction of sp³-hybridized carbons (Fsp3) is 0.625. The van der Waals surface area contributed by atoms with E-state index in [2.05, 4.69) is 9.88 Å². The van der Waals surface area contributed by atoms with E-state index in [0.29, 0.717) is 13.0 Å². The number of ether oxygens (including phenoxy) is 1. The van der Waals surface area contributed by atoms with Gasteiger partial charge in [0, 0.05) is 25.3 Å². The van der Waals surface area contributed by atoms with Crippen LogP contribution in [0, 0.1) is 5.92 Å². The first-order valence-corrected chi connectivity index (χ1v) is 7.87. The van der Waals surface area contributed by atoms with E-state index in [1.165, 1.54) is 0 Å². The highest BCUT2D eigenvalue weighted by molar-refractivity contribution is 5.72. The molecule has 1 aromatic rings. The predicted molar refractivity (Wildman–Crippen MR) is 84.6 cm³/mol. The van der Waals surface area contributed by atoms with Crippen LogP contribution in [-0.2, 0) is 16.0 Å². The molecule has 1 atom stereocenters. The number of hydrogen-bond acceptors (Lipinski definition) is 6. The van der Waals surface area contributed by atoms with Crippen molar-refractivity contribution in [2.45, 2.75) is 32.2 Å². The van der Waals surface area contributed by atoms with E-state index in [9.17, 15) is 4.79 Å². The summed E-state index contributed by atoms with van der Waals surface area (Å²) in [6, 6.07) is 3.73. The Labute approximate surface area is 131 Å². The van der Waals surface area contributed by atoms with Crippen LogP contribution in [0.25, 0.3) is 0 Å². The topological polar surface area (TPSA) is 88.7 Å². The summed E-state index contributed by atoms with van der Waals surface area (Å²) in [5.41, 5.74) is 6.74. The summed E-state index contributed by atoms with van der Waals surface area (Å²) in [4.78, 5) is 18.4. The van der Waals surface area contributed by atoms with Crippen LogP contribution in [0.3, 0.4) is 0 Å². The summed E-state index contributed by atoms with van der Waals surface area (Å²) in [6.07, 6.45) is 4.03. The monoisotopic (exact) mass is 307 g/mol. The highest BCUT2D eigenvalue weighted by Crippen LogP contribution is 2.23. The van der Waals surface area contributed by atoms with Crippen molar-refractivity contribution in [3.8, 4) is 0 Å². The van der Waals surface area contributed by atoms with E-state index in [4.69, 9.17) is 15.6 Å². The Balaban J connectivity index is 1.87. The van der Waals surface area contributed by atoms with Crippen molar-refractivity contribution in [3.05, 3.63) is 23.9 Å². The van der Waals surface area contributed by atoms with Gasteiger partial charge in [0.15, 0.2) is 0 Å². The Morgan fingerprint density at radius 3 is 2.77 bits per heavy atom. The molecule has 1 unspecified atom stereocenters. The largest absolute Gasteiger partial charge is 0.466 e. The molecule has 1 aliphatic rings. The molecule has 0 aromatic carbocycles. The quantitative estimate of drug-likeness (QED) is 0.753. The zero-order valence-corrected chi connectivity index (χ0v) is 13.1. The van der Waals surface area contributed by atoms with Gasteiger partial charge in [0.05, 0.1) is 19.1 Å². The molecule has 0 radical (unpaired) electrons. The molecule has 6 heteroatoms. The molecule has 0 spiro atoms. The van der Waals surface area contributed by atoms with Gasteiger partial charge < -0.3 is 20.5 Å². The maximum Gasteiger partial charge on any atom is 0.309 e. The summed E-state index contributed by atoms with van der Waals surface area (Å²) < 4.78 is 5.08. The number of pyridine rings is 1. The number of hydrogen-bond donors (Lipinski definition) is 2. The first-order valence-electron chi connectivity index (χ1n) is 7.87. The van der Waals surface area contributed by atoms with Crippen LogP contribution in [-0.4, -0.2) is 48.4 Å². The number of esters is 1. The number of aliphatic hydroxyl groups excluding tert-OH is 1. The first-order chi connectivity index (χ1) is 10.6. The number of carbonyl (C=O) groups excluding carboxylic acids is 1. The molecular weight excluding hydrogens is 282 g/mol. The Kier molecular flexibility index (Phi) is 6.15. The lowest BCUT2D eigenvalue weighted by molar-refractivity contribution is -0.148. The molecule has 1 fully saturated rings. The molecule has 22 heavy (non-hydrogen) atoms. The van der Waals surface area contributed by atoms with Crippen molar-refractivity contribution < 1.29 is 14.6 Å². The van der Waals surface area contributed by atoms with Crippen molar-refractivity contribution in [1.82, 2.24) is 4.98 Å². The number of aromatic nitrogens is 1. The van der Waals surface area contributed by atoms with Crippen molar-refractivity contribution in [3.63, 3.8) is 0 Å². The summed E-state index contributed by atoms with van der Waals surface area (Å²) in [5.74, 6) is 0.852. The van der Waals surface area contributed by atoms with Gasteiger partial charge in [-0.1, -0.05) is 6.07 Å². The zero-order chi connectivity index (χ0) is 15.9. The second-order valence-electron chi connectivity index (χ2n) is 5.68. The maximum atomic E-state index is 11.7. The van der Waals surface area contributed by atoms with Gasteiger partial charge in [0.1, 0.15) is 5.82 Å². The van der Waals surface area contributed by atoms with Gasteiger partial charge in [-0.2, -0.15) is 0 Å². The van der Waals surface area contributed by atoms with Crippen molar-refractivity contribution >= 4 is 11.8 Å². The molecule has 6 nitrogen and oxygen atoms in total. The van der Waals surface area contributed by atoms with Crippen LogP contribution in [0.2, 0.25) is 0 Å². The average Bonchev–Trinajstić information content (AvgIpc) is 2.56. The van der Waals surface area contributed by atoms with E-state index in [-0.39, 0.29) is 24.5 Å². The van der Waals surface area contributed by atoms with Gasteiger partial charge in [-0.3, -0.25) is 4.79 Å². The Morgan fingerprint density at radius 2 is 2.23 bits per heavy atom. The third kappa shape index (κ3) is 4.42. The van der Waals surface area contributed by atoms with Crippen LogP contribution >= 0.6 is 0 Å². The van der Waals surface area contributed by atoms with E-state index >= 15 is 0 Å². The highest BCUT2D eigenvalue weighted by Gasteiger charge is 2.26. The molecule has 0 amide bonds. The zero-order valence-electron chi connectivity index (χ0n) is 13.1. The second-order valence-corrected chi connectivity index (χ2v) is 5.68. The predicted octanol–water partition coefficient (Wildman–Crippen LogP) is 0.723. The van der Waals surface area contributed by atoms with Gasteiger partial charge >= 0.3 is 5.97 Å².